The number of nitrogens with two attached hydrogens (primary N) is 1. The smallest absolute Gasteiger partial charge is 0.0899 e. The number of benzene rings is 1. The van der Waals surface area contributed by atoms with Crippen LogP contribution in [0, 0.1) is 0 Å². The molecule has 1 aromatic carbocycles. The third-order valence-corrected chi connectivity index (χ3v) is 3.60. The molecule has 3 nitrogen and oxygen atoms in total. The van der Waals surface area contributed by atoms with E-state index in [1.54, 1.807) is 18.3 Å². The second kappa shape index (κ2) is 6.35. The molecule has 19 heavy (non-hydrogen) atoms. The van der Waals surface area contributed by atoms with Crippen LogP contribution in [0.2, 0.25) is 10.0 Å². The average Bonchev–Trinajstić information content (AvgIpc) is 2.44. The maximum atomic E-state index is 6.23. The van der Waals surface area contributed by atoms with E-state index in [-0.39, 0.29) is 6.04 Å². The maximum absolute atomic E-state index is 6.23. The van der Waals surface area contributed by atoms with Gasteiger partial charge in [-0.3, -0.25) is 10.8 Å². The highest BCUT2D eigenvalue weighted by molar-refractivity contribution is 6.33. The molecular weight excluding hydrogens is 281 g/mol. The third kappa shape index (κ3) is 3.07. The lowest BCUT2D eigenvalue weighted by molar-refractivity contribution is 0.614. The minimum Gasteiger partial charge on any atom is -0.271 e. The molecule has 0 saturated heterocycles. The predicted octanol–water partition coefficient (Wildman–Crippen LogP) is 3.50. The van der Waals surface area contributed by atoms with Gasteiger partial charge in [-0.2, -0.15) is 0 Å². The number of hydrogen-bond donors (Lipinski definition) is 2. The second-order valence-corrected chi connectivity index (χ2v) is 5.01. The summed E-state index contributed by atoms with van der Waals surface area (Å²) in [5, 5.41) is 1.23. The highest BCUT2D eigenvalue weighted by atomic mass is 35.5. The summed E-state index contributed by atoms with van der Waals surface area (Å²) in [6.07, 6.45) is 2.62. The molecule has 100 valence electrons. The Balaban J connectivity index is 2.53. The van der Waals surface area contributed by atoms with Gasteiger partial charge in [0.05, 0.1) is 11.7 Å². The van der Waals surface area contributed by atoms with Crippen LogP contribution in [0.15, 0.2) is 36.5 Å². The van der Waals surface area contributed by atoms with Crippen molar-refractivity contribution in [1.82, 2.24) is 10.4 Å². The average molecular weight is 296 g/mol. The molecule has 1 atom stereocenters. The van der Waals surface area contributed by atoms with Gasteiger partial charge in [0.15, 0.2) is 0 Å². The molecule has 2 aromatic rings. The highest BCUT2D eigenvalue weighted by Gasteiger charge is 2.19. The summed E-state index contributed by atoms with van der Waals surface area (Å²) in [4.78, 5) is 4.42. The van der Waals surface area contributed by atoms with Gasteiger partial charge >= 0.3 is 0 Å². The van der Waals surface area contributed by atoms with Crippen molar-refractivity contribution < 1.29 is 0 Å². The summed E-state index contributed by atoms with van der Waals surface area (Å²) in [7, 11) is 0. The lowest BCUT2D eigenvalue weighted by atomic mass is 9.98. The summed E-state index contributed by atoms with van der Waals surface area (Å²) < 4.78 is 0. The topological polar surface area (TPSA) is 50.9 Å². The van der Waals surface area contributed by atoms with Crippen molar-refractivity contribution >= 4 is 23.2 Å². The number of hydrogen-bond acceptors (Lipinski definition) is 3. The molecule has 0 spiro atoms. The minimum atomic E-state index is -0.276. The maximum Gasteiger partial charge on any atom is 0.0899 e. The van der Waals surface area contributed by atoms with Crippen LogP contribution in [0.25, 0.3) is 0 Å². The van der Waals surface area contributed by atoms with Crippen LogP contribution in [0.3, 0.4) is 0 Å². The van der Waals surface area contributed by atoms with Gasteiger partial charge in [-0.25, -0.2) is 5.43 Å². The molecular formula is C14H15Cl2N3. The molecule has 2 rings (SSSR count). The number of halogens is 2. The van der Waals surface area contributed by atoms with Crippen molar-refractivity contribution in [2.75, 3.05) is 0 Å². The van der Waals surface area contributed by atoms with Gasteiger partial charge in [0.1, 0.15) is 0 Å². The lowest BCUT2D eigenvalue weighted by Crippen LogP contribution is -2.30. The van der Waals surface area contributed by atoms with Gasteiger partial charge in [-0.05, 0) is 41.8 Å². The van der Waals surface area contributed by atoms with Crippen molar-refractivity contribution in [1.29, 1.82) is 0 Å². The number of aromatic nitrogens is 1. The molecule has 0 aliphatic rings. The second-order valence-electron chi connectivity index (χ2n) is 4.17. The zero-order chi connectivity index (χ0) is 13.8. The minimum absolute atomic E-state index is 0.276. The van der Waals surface area contributed by atoms with E-state index in [0.29, 0.717) is 10.0 Å². The summed E-state index contributed by atoms with van der Waals surface area (Å²) in [5.74, 6) is 5.69. The Morgan fingerprint density at radius 2 is 2.11 bits per heavy atom. The van der Waals surface area contributed by atoms with Crippen molar-refractivity contribution in [2.45, 2.75) is 19.4 Å². The molecule has 0 saturated carbocycles. The van der Waals surface area contributed by atoms with Crippen LogP contribution in [0.1, 0.15) is 29.8 Å². The molecule has 1 aromatic heterocycles. The van der Waals surface area contributed by atoms with Crippen molar-refractivity contribution in [2.24, 2.45) is 5.84 Å². The van der Waals surface area contributed by atoms with Crippen LogP contribution in [-0.2, 0) is 6.42 Å². The number of pyridine rings is 1. The van der Waals surface area contributed by atoms with Gasteiger partial charge in [0, 0.05) is 16.2 Å². The van der Waals surface area contributed by atoms with E-state index >= 15 is 0 Å². The standard InChI is InChI=1S/C14H15Cl2N3/c1-2-9-4-3-7-18-13(9)14(19-17)11-8-10(15)5-6-12(11)16/h3-8,14,19H,2,17H2,1H3. The fourth-order valence-corrected chi connectivity index (χ4v) is 2.47. The number of nitrogens with one attached hydrogen (secondary N) is 1. The monoisotopic (exact) mass is 295 g/mol. The molecule has 1 heterocycles. The van der Waals surface area contributed by atoms with Gasteiger partial charge in [-0.1, -0.05) is 36.2 Å². The van der Waals surface area contributed by atoms with Crippen LogP contribution < -0.4 is 11.3 Å². The van der Waals surface area contributed by atoms with Crippen LogP contribution in [-0.4, -0.2) is 4.98 Å². The highest BCUT2D eigenvalue weighted by Crippen LogP contribution is 2.30. The van der Waals surface area contributed by atoms with Gasteiger partial charge in [0.2, 0.25) is 0 Å². The van der Waals surface area contributed by atoms with E-state index < -0.39 is 0 Å². The van der Waals surface area contributed by atoms with E-state index in [2.05, 4.69) is 17.3 Å². The van der Waals surface area contributed by atoms with E-state index in [0.717, 1.165) is 23.2 Å². The Morgan fingerprint density at radius 3 is 2.79 bits per heavy atom. The Hall–Kier alpha value is -1.13. The van der Waals surface area contributed by atoms with E-state index in [1.165, 1.54) is 0 Å². The molecule has 5 heteroatoms. The van der Waals surface area contributed by atoms with E-state index in [1.807, 2.05) is 18.2 Å². The van der Waals surface area contributed by atoms with E-state index in [9.17, 15) is 0 Å². The van der Waals surface area contributed by atoms with Crippen molar-refractivity contribution in [3.8, 4) is 0 Å². The van der Waals surface area contributed by atoms with Gasteiger partial charge < -0.3 is 0 Å². The van der Waals surface area contributed by atoms with Crippen LogP contribution in [0.4, 0.5) is 0 Å². The quantitative estimate of drug-likeness (QED) is 0.670. The molecule has 3 N–H and O–H groups in total. The zero-order valence-electron chi connectivity index (χ0n) is 10.5. The van der Waals surface area contributed by atoms with Gasteiger partial charge in [-0.15, -0.1) is 0 Å². The fraction of sp³-hybridized carbons (Fsp3) is 0.214. The summed E-state index contributed by atoms with van der Waals surface area (Å²) in [6, 6.07) is 8.99. The first kappa shape index (κ1) is 14.3. The summed E-state index contributed by atoms with van der Waals surface area (Å²) in [6.45, 7) is 2.08. The Kier molecular flexibility index (Phi) is 4.77. The first-order valence-corrected chi connectivity index (χ1v) is 6.77. The Morgan fingerprint density at radius 1 is 1.32 bits per heavy atom. The van der Waals surface area contributed by atoms with Crippen LogP contribution in [0.5, 0.6) is 0 Å². The Labute approximate surface area is 122 Å². The first-order chi connectivity index (χ1) is 9.17. The zero-order valence-corrected chi connectivity index (χ0v) is 12.0. The largest absolute Gasteiger partial charge is 0.271 e. The first-order valence-electron chi connectivity index (χ1n) is 6.02. The van der Waals surface area contributed by atoms with Crippen molar-refractivity contribution in [3.63, 3.8) is 0 Å². The molecule has 1 unspecified atom stereocenters. The molecule has 0 aliphatic carbocycles. The third-order valence-electron chi connectivity index (χ3n) is 3.02. The fourth-order valence-electron chi connectivity index (χ4n) is 2.06. The summed E-state index contributed by atoms with van der Waals surface area (Å²) in [5.41, 5.74) is 5.59. The van der Waals surface area contributed by atoms with Gasteiger partial charge in [0.25, 0.3) is 0 Å². The normalized spacial score (nSPS) is 12.4. The van der Waals surface area contributed by atoms with E-state index in [4.69, 9.17) is 29.0 Å². The molecule has 0 bridgehead atoms. The number of nitrogens with zero attached hydrogens (tertiary/aromatic N) is 1. The molecule has 0 fully saturated rings. The molecule has 0 aliphatic heterocycles. The Bertz CT molecular complexity index is 572. The lowest BCUT2D eigenvalue weighted by Gasteiger charge is -2.20. The summed E-state index contributed by atoms with van der Waals surface area (Å²) >= 11 is 12.3. The predicted molar refractivity (Wildman–Crippen MR) is 79.2 cm³/mol. The van der Waals surface area contributed by atoms with Crippen LogP contribution >= 0.6 is 23.2 Å². The number of hydrazine groups is 1. The number of rotatable bonds is 4. The molecule has 0 radical (unpaired) electrons. The number of aryl methyl sites for hydroxylation is 1. The SMILES string of the molecule is CCc1cccnc1C(NN)c1cc(Cl)ccc1Cl. The molecule has 0 amide bonds. The van der Waals surface area contributed by atoms with Crippen molar-refractivity contribution in [3.05, 3.63) is 63.4 Å².